The number of hydrogen-bond acceptors (Lipinski definition) is 2. The molecule has 86 valence electrons. The Labute approximate surface area is 103 Å². The predicted octanol–water partition coefficient (Wildman–Crippen LogP) is 2.12. The Bertz CT molecular complexity index is 370. The van der Waals surface area contributed by atoms with Crippen molar-refractivity contribution in [3.8, 4) is 0 Å². The van der Waals surface area contributed by atoms with Gasteiger partial charge in [-0.25, -0.2) is 0 Å². The third kappa shape index (κ3) is 4.28. The summed E-state index contributed by atoms with van der Waals surface area (Å²) in [5, 5.41) is 6.67. The van der Waals surface area contributed by atoms with Crippen molar-refractivity contribution >= 4 is 0 Å². The molecule has 0 amide bonds. The molecule has 0 saturated heterocycles. The first-order valence-electron chi connectivity index (χ1n) is 5.77. The maximum Gasteiger partial charge on any atom is 0.0459 e. The van der Waals surface area contributed by atoms with E-state index in [1.807, 2.05) is 24.3 Å². The van der Waals surface area contributed by atoms with Crippen LogP contribution in [0.15, 0.2) is 48.5 Å². The lowest BCUT2D eigenvalue weighted by Gasteiger charge is -2.06. The number of hydrogen-bond donors (Lipinski definition) is 2. The summed E-state index contributed by atoms with van der Waals surface area (Å²) in [6, 6.07) is 22.1. The fraction of sp³-hybridized carbons (Fsp3) is 0.200. The van der Waals surface area contributed by atoms with Crippen molar-refractivity contribution in [3.05, 3.63) is 71.8 Å². The van der Waals surface area contributed by atoms with Gasteiger partial charge in [0.05, 0.1) is 0 Å². The summed E-state index contributed by atoms with van der Waals surface area (Å²) >= 11 is 0. The maximum atomic E-state index is 3.34. The van der Waals surface area contributed by atoms with Crippen LogP contribution < -0.4 is 10.6 Å². The standard InChI is InChI=1S/C15H16N2/c1-3-7-14(8-4-1)11-16-13-17-12-15-9-5-2-6-10-15/h1,3-5,7-10,16-17H,11-13H2. The molecule has 0 spiro atoms. The van der Waals surface area contributed by atoms with Crippen LogP contribution in [-0.2, 0) is 13.1 Å². The summed E-state index contributed by atoms with van der Waals surface area (Å²) in [7, 11) is 0. The molecule has 0 atom stereocenters. The third-order valence-corrected chi connectivity index (χ3v) is 2.47. The molecule has 0 aliphatic rings. The summed E-state index contributed by atoms with van der Waals surface area (Å²) in [5.74, 6) is 0. The quantitative estimate of drug-likeness (QED) is 0.580. The molecule has 0 aromatic heterocycles. The molecule has 2 aromatic carbocycles. The smallest absolute Gasteiger partial charge is 0.0459 e. The van der Waals surface area contributed by atoms with Gasteiger partial charge in [0.15, 0.2) is 0 Å². The van der Waals surface area contributed by atoms with Crippen LogP contribution >= 0.6 is 0 Å². The van der Waals surface area contributed by atoms with Crippen LogP contribution in [0, 0.1) is 12.1 Å². The minimum absolute atomic E-state index is 0.799. The first-order valence-corrected chi connectivity index (χ1v) is 5.77. The van der Waals surface area contributed by atoms with Crippen molar-refractivity contribution in [1.82, 2.24) is 10.6 Å². The Balaban J connectivity index is 1.61. The van der Waals surface area contributed by atoms with Gasteiger partial charge >= 0.3 is 0 Å². The van der Waals surface area contributed by atoms with E-state index in [1.165, 1.54) is 11.1 Å². The molecule has 2 nitrogen and oxygen atoms in total. The lowest BCUT2D eigenvalue weighted by Crippen LogP contribution is -2.28. The highest BCUT2D eigenvalue weighted by atomic mass is 15.0. The lowest BCUT2D eigenvalue weighted by molar-refractivity contribution is 0.582. The Hall–Kier alpha value is -1.82. The topological polar surface area (TPSA) is 24.1 Å². The normalized spacial score (nSPS) is 9.88. The summed E-state index contributed by atoms with van der Waals surface area (Å²) in [6.45, 7) is 2.54. The SMILES string of the molecule is c1ccc(CNCNCc2ccccc2)cc#1. The molecule has 0 heterocycles. The third-order valence-electron chi connectivity index (χ3n) is 2.47. The second kappa shape index (κ2) is 6.70. The largest absolute Gasteiger partial charge is 0.300 e. The van der Waals surface area contributed by atoms with Crippen molar-refractivity contribution in [2.24, 2.45) is 0 Å². The van der Waals surface area contributed by atoms with Gasteiger partial charge in [-0.3, -0.25) is 0 Å². The van der Waals surface area contributed by atoms with Crippen LogP contribution in [0.3, 0.4) is 0 Å². The van der Waals surface area contributed by atoms with Gasteiger partial charge in [-0.05, 0) is 29.3 Å². The summed E-state index contributed by atoms with van der Waals surface area (Å²) in [4.78, 5) is 0. The monoisotopic (exact) mass is 224 g/mol. The van der Waals surface area contributed by atoms with E-state index in [0.29, 0.717) is 0 Å². The highest BCUT2D eigenvalue weighted by molar-refractivity contribution is 5.14. The molecule has 0 saturated carbocycles. The molecule has 0 fully saturated rings. The van der Waals surface area contributed by atoms with Crippen LogP contribution in [0.1, 0.15) is 11.1 Å². The van der Waals surface area contributed by atoms with Gasteiger partial charge in [0.1, 0.15) is 0 Å². The van der Waals surface area contributed by atoms with E-state index in [-0.39, 0.29) is 0 Å². The Kier molecular flexibility index (Phi) is 4.59. The zero-order valence-electron chi connectivity index (χ0n) is 9.74. The summed E-state index contributed by atoms with van der Waals surface area (Å²) in [6.07, 6.45) is 0. The average molecular weight is 224 g/mol. The lowest BCUT2D eigenvalue weighted by atomic mass is 10.2. The molecule has 17 heavy (non-hydrogen) atoms. The maximum absolute atomic E-state index is 3.34. The zero-order chi connectivity index (χ0) is 11.8. The number of nitrogens with one attached hydrogen (secondary N) is 2. The van der Waals surface area contributed by atoms with Crippen LogP contribution in [0.25, 0.3) is 0 Å². The van der Waals surface area contributed by atoms with Crippen molar-refractivity contribution in [3.63, 3.8) is 0 Å². The van der Waals surface area contributed by atoms with E-state index in [2.05, 4.69) is 47.0 Å². The van der Waals surface area contributed by atoms with Crippen LogP contribution in [0.4, 0.5) is 0 Å². The molecule has 0 aliphatic carbocycles. The number of rotatable bonds is 6. The molecular formula is C15H16N2. The van der Waals surface area contributed by atoms with Crippen molar-refractivity contribution in [2.45, 2.75) is 13.1 Å². The highest BCUT2D eigenvalue weighted by Crippen LogP contribution is 1.96. The Morgan fingerprint density at radius 3 is 2.29 bits per heavy atom. The molecule has 2 N–H and O–H groups in total. The van der Waals surface area contributed by atoms with E-state index in [1.54, 1.807) is 0 Å². The van der Waals surface area contributed by atoms with E-state index < -0.39 is 0 Å². The van der Waals surface area contributed by atoms with E-state index >= 15 is 0 Å². The Morgan fingerprint density at radius 1 is 0.824 bits per heavy atom. The minimum Gasteiger partial charge on any atom is -0.300 e. The van der Waals surface area contributed by atoms with Gasteiger partial charge in [-0.2, -0.15) is 0 Å². The van der Waals surface area contributed by atoms with E-state index in [4.69, 9.17) is 0 Å². The van der Waals surface area contributed by atoms with E-state index in [0.717, 1.165) is 19.8 Å². The molecule has 2 heteroatoms. The Morgan fingerprint density at radius 2 is 1.59 bits per heavy atom. The van der Waals surface area contributed by atoms with Crippen LogP contribution in [0.5, 0.6) is 0 Å². The van der Waals surface area contributed by atoms with E-state index in [9.17, 15) is 0 Å². The number of benzene rings is 1. The van der Waals surface area contributed by atoms with Crippen molar-refractivity contribution in [2.75, 3.05) is 6.67 Å². The predicted molar refractivity (Wildman–Crippen MR) is 69.1 cm³/mol. The van der Waals surface area contributed by atoms with Gasteiger partial charge in [-0.15, -0.1) is 0 Å². The zero-order valence-corrected chi connectivity index (χ0v) is 9.74. The molecule has 0 unspecified atom stereocenters. The summed E-state index contributed by atoms with van der Waals surface area (Å²) in [5.41, 5.74) is 2.53. The molecule has 0 radical (unpaired) electrons. The van der Waals surface area contributed by atoms with Crippen LogP contribution in [0.2, 0.25) is 0 Å². The second-order valence-electron chi connectivity index (χ2n) is 3.86. The molecular weight excluding hydrogens is 208 g/mol. The van der Waals surface area contributed by atoms with Gasteiger partial charge in [0.25, 0.3) is 0 Å². The fourth-order valence-electron chi connectivity index (χ4n) is 1.59. The van der Waals surface area contributed by atoms with Gasteiger partial charge in [-0.1, -0.05) is 42.5 Å². The van der Waals surface area contributed by atoms with Gasteiger partial charge < -0.3 is 10.6 Å². The second-order valence-corrected chi connectivity index (χ2v) is 3.86. The van der Waals surface area contributed by atoms with Crippen LogP contribution in [-0.4, -0.2) is 6.67 Å². The highest BCUT2D eigenvalue weighted by Gasteiger charge is 1.91. The molecule has 0 bridgehead atoms. The molecule has 0 aliphatic heterocycles. The van der Waals surface area contributed by atoms with Gasteiger partial charge in [0.2, 0.25) is 0 Å². The fourth-order valence-corrected chi connectivity index (χ4v) is 1.59. The van der Waals surface area contributed by atoms with Crippen molar-refractivity contribution in [1.29, 1.82) is 0 Å². The van der Waals surface area contributed by atoms with Gasteiger partial charge in [0, 0.05) is 19.8 Å². The molecule has 2 rings (SSSR count). The summed E-state index contributed by atoms with van der Waals surface area (Å²) < 4.78 is 0. The first kappa shape index (κ1) is 11.7. The molecule has 2 aromatic rings. The minimum atomic E-state index is 0.799. The first-order chi connectivity index (χ1) is 8.45. The average Bonchev–Trinajstić information content (AvgIpc) is 2.41. The van der Waals surface area contributed by atoms with Crippen molar-refractivity contribution < 1.29 is 0 Å².